The van der Waals surface area contributed by atoms with E-state index in [-0.39, 0.29) is 12.3 Å². The largest absolute Gasteiger partial charge is 0.368 e. The van der Waals surface area contributed by atoms with Crippen molar-refractivity contribution >= 4 is 40.9 Å². The predicted molar refractivity (Wildman–Crippen MR) is 82.5 cm³/mol. The van der Waals surface area contributed by atoms with E-state index in [1.165, 1.54) is 0 Å². The summed E-state index contributed by atoms with van der Waals surface area (Å²) in [4.78, 5) is 34.7. The molecule has 3 amide bonds. The smallest absolute Gasteiger partial charge is 0.243 e. The van der Waals surface area contributed by atoms with E-state index in [0.29, 0.717) is 28.5 Å². The topological polar surface area (TPSA) is 101 Å². The zero-order valence-electron chi connectivity index (χ0n) is 11.6. The lowest BCUT2D eigenvalue weighted by molar-refractivity contribution is -0.129. The van der Waals surface area contributed by atoms with Gasteiger partial charge in [-0.15, -0.1) is 0 Å². The van der Waals surface area contributed by atoms with Crippen molar-refractivity contribution in [3.8, 4) is 0 Å². The molecule has 0 bridgehead atoms. The zero-order valence-corrected chi connectivity index (χ0v) is 13.1. The number of nitrogens with two attached hydrogens (primary N) is 1. The summed E-state index contributed by atoms with van der Waals surface area (Å²) >= 11 is 11.9. The highest BCUT2D eigenvalue weighted by Gasteiger charge is 2.30. The number of benzene rings is 1. The van der Waals surface area contributed by atoms with Crippen LogP contribution in [-0.4, -0.2) is 29.8 Å². The standard InChI is InChI=1S/C14H15Cl2N3O3/c15-8-2-1-7(9(16)6-8)5-11(13(17)21)19-14(22)10-3-4-12(20)18-10/h1-2,6,10-11H,3-5H2,(H2,17,21)(H,18,20)(H,19,22)/t10-,11-/m0/s1. The Bertz CT molecular complexity index is 621. The fraction of sp³-hybridized carbons (Fsp3) is 0.357. The highest BCUT2D eigenvalue weighted by molar-refractivity contribution is 6.35. The van der Waals surface area contributed by atoms with Crippen LogP contribution >= 0.6 is 23.2 Å². The molecule has 1 aliphatic heterocycles. The Morgan fingerprint density at radius 3 is 2.68 bits per heavy atom. The minimum Gasteiger partial charge on any atom is -0.368 e. The molecule has 1 saturated heterocycles. The van der Waals surface area contributed by atoms with E-state index in [0.717, 1.165) is 0 Å². The Balaban J connectivity index is 2.05. The second-order valence-electron chi connectivity index (χ2n) is 5.06. The molecule has 118 valence electrons. The lowest BCUT2D eigenvalue weighted by Crippen LogP contribution is -2.51. The molecular weight excluding hydrogens is 329 g/mol. The molecule has 1 aliphatic rings. The quantitative estimate of drug-likeness (QED) is 0.736. The van der Waals surface area contributed by atoms with Crippen LogP contribution < -0.4 is 16.4 Å². The first-order valence-electron chi connectivity index (χ1n) is 6.70. The zero-order chi connectivity index (χ0) is 16.3. The molecule has 1 heterocycles. The van der Waals surface area contributed by atoms with Crippen molar-refractivity contribution < 1.29 is 14.4 Å². The second-order valence-corrected chi connectivity index (χ2v) is 5.91. The number of carbonyl (C=O) groups is 3. The number of hydrogen-bond acceptors (Lipinski definition) is 3. The van der Waals surface area contributed by atoms with Gasteiger partial charge in [-0.2, -0.15) is 0 Å². The van der Waals surface area contributed by atoms with Gasteiger partial charge in [0.1, 0.15) is 12.1 Å². The molecule has 4 N–H and O–H groups in total. The van der Waals surface area contributed by atoms with E-state index >= 15 is 0 Å². The molecule has 2 rings (SSSR count). The van der Waals surface area contributed by atoms with Crippen LogP contribution in [0.1, 0.15) is 18.4 Å². The third-order valence-electron chi connectivity index (χ3n) is 3.41. The highest BCUT2D eigenvalue weighted by Crippen LogP contribution is 2.22. The van der Waals surface area contributed by atoms with Crippen molar-refractivity contribution in [1.82, 2.24) is 10.6 Å². The van der Waals surface area contributed by atoms with Crippen molar-refractivity contribution in [2.75, 3.05) is 0 Å². The van der Waals surface area contributed by atoms with Crippen LogP contribution in [0.15, 0.2) is 18.2 Å². The lowest BCUT2D eigenvalue weighted by atomic mass is 10.0. The maximum atomic E-state index is 12.0. The molecule has 22 heavy (non-hydrogen) atoms. The third-order valence-corrected chi connectivity index (χ3v) is 4.00. The summed E-state index contributed by atoms with van der Waals surface area (Å²) in [5.41, 5.74) is 5.97. The Kier molecular flexibility index (Phi) is 5.26. The van der Waals surface area contributed by atoms with Gasteiger partial charge in [-0.05, 0) is 24.1 Å². The Morgan fingerprint density at radius 1 is 1.41 bits per heavy atom. The predicted octanol–water partition coefficient (Wildman–Crippen LogP) is 0.785. The molecule has 0 unspecified atom stereocenters. The van der Waals surface area contributed by atoms with Crippen LogP contribution in [0, 0.1) is 0 Å². The van der Waals surface area contributed by atoms with Gasteiger partial charge in [-0.1, -0.05) is 29.3 Å². The van der Waals surface area contributed by atoms with Crippen LogP contribution in [0.25, 0.3) is 0 Å². The second kappa shape index (κ2) is 6.98. The van der Waals surface area contributed by atoms with Gasteiger partial charge in [0, 0.05) is 22.9 Å². The van der Waals surface area contributed by atoms with E-state index < -0.39 is 23.9 Å². The van der Waals surface area contributed by atoms with Gasteiger partial charge in [0.25, 0.3) is 0 Å². The highest BCUT2D eigenvalue weighted by atomic mass is 35.5. The van der Waals surface area contributed by atoms with Crippen LogP contribution in [0.5, 0.6) is 0 Å². The molecular formula is C14H15Cl2N3O3. The first kappa shape index (κ1) is 16.6. The number of hydrogen-bond donors (Lipinski definition) is 3. The number of amides is 3. The number of carbonyl (C=O) groups excluding carboxylic acids is 3. The first-order valence-corrected chi connectivity index (χ1v) is 7.45. The molecule has 0 aromatic heterocycles. The molecule has 6 nitrogen and oxygen atoms in total. The van der Waals surface area contributed by atoms with Crippen molar-refractivity contribution in [2.24, 2.45) is 5.73 Å². The molecule has 1 aromatic carbocycles. The molecule has 8 heteroatoms. The van der Waals surface area contributed by atoms with E-state index in [9.17, 15) is 14.4 Å². The number of nitrogens with one attached hydrogen (secondary N) is 2. The monoisotopic (exact) mass is 343 g/mol. The van der Waals surface area contributed by atoms with Crippen LogP contribution in [-0.2, 0) is 20.8 Å². The fourth-order valence-electron chi connectivity index (χ4n) is 2.21. The summed E-state index contributed by atoms with van der Waals surface area (Å²) in [5.74, 6) is -1.29. The van der Waals surface area contributed by atoms with E-state index in [4.69, 9.17) is 28.9 Å². The van der Waals surface area contributed by atoms with Gasteiger partial charge >= 0.3 is 0 Å². The summed E-state index contributed by atoms with van der Waals surface area (Å²) in [6.07, 6.45) is 0.845. The van der Waals surface area contributed by atoms with Gasteiger partial charge in [0.2, 0.25) is 17.7 Å². The Labute approximate surface area is 137 Å². The Morgan fingerprint density at radius 2 is 2.14 bits per heavy atom. The maximum absolute atomic E-state index is 12.0. The summed E-state index contributed by atoms with van der Waals surface area (Å²) in [6.45, 7) is 0. The average molecular weight is 344 g/mol. The van der Waals surface area contributed by atoms with Crippen LogP contribution in [0.4, 0.5) is 0 Å². The van der Waals surface area contributed by atoms with Crippen molar-refractivity contribution in [3.63, 3.8) is 0 Å². The minimum atomic E-state index is -0.913. The van der Waals surface area contributed by atoms with E-state index in [2.05, 4.69) is 10.6 Å². The van der Waals surface area contributed by atoms with Gasteiger partial charge in [-0.3, -0.25) is 14.4 Å². The third kappa shape index (κ3) is 4.11. The summed E-state index contributed by atoms with van der Waals surface area (Å²) in [6, 6.07) is 3.32. The SMILES string of the molecule is NC(=O)[C@H](Cc1ccc(Cl)cc1Cl)NC(=O)[C@@H]1CCC(=O)N1. The Hall–Kier alpha value is -1.79. The lowest BCUT2D eigenvalue weighted by Gasteiger charge is -2.19. The molecule has 0 aliphatic carbocycles. The first-order chi connectivity index (χ1) is 10.4. The number of halogens is 2. The summed E-state index contributed by atoms with van der Waals surface area (Å²) in [7, 11) is 0. The summed E-state index contributed by atoms with van der Waals surface area (Å²) in [5, 5.41) is 5.95. The minimum absolute atomic E-state index is 0.151. The van der Waals surface area contributed by atoms with Crippen molar-refractivity contribution in [2.45, 2.75) is 31.3 Å². The maximum Gasteiger partial charge on any atom is 0.243 e. The average Bonchev–Trinajstić information content (AvgIpc) is 2.87. The molecule has 0 spiro atoms. The summed E-state index contributed by atoms with van der Waals surface area (Å²) < 4.78 is 0. The number of primary amides is 1. The molecule has 2 atom stereocenters. The fourth-order valence-corrected chi connectivity index (χ4v) is 2.70. The van der Waals surface area contributed by atoms with Crippen LogP contribution in [0.3, 0.4) is 0 Å². The van der Waals surface area contributed by atoms with Gasteiger partial charge in [-0.25, -0.2) is 0 Å². The number of rotatable bonds is 5. The molecule has 0 radical (unpaired) electrons. The van der Waals surface area contributed by atoms with Crippen LogP contribution in [0.2, 0.25) is 10.0 Å². The van der Waals surface area contributed by atoms with E-state index in [1.807, 2.05) is 0 Å². The molecule has 1 fully saturated rings. The normalized spacial score (nSPS) is 18.6. The van der Waals surface area contributed by atoms with Gasteiger partial charge < -0.3 is 16.4 Å². The molecule has 1 aromatic rings. The van der Waals surface area contributed by atoms with Gasteiger partial charge in [0.15, 0.2) is 0 Å². The van der Waals surface area contributed by atoms with Crippen molar-refractivity contribution in [1.29, 1.82) is 0 Å². The molecule has 0 saturated carbocycles. The van der Waals surface area contributed by atoms with E-state index in [1.54, 1.807) is 18.2 Å². The van der Waals surface area contributed by atoms with Gasteiger partial charge in [0.05, 0.1) is 0 Å². The van der Waals surface area contributed by atoms with Crippen molar-refractivity contribution in [3.05, 3.63) is 33.8 Å².